The summed E-state index contributed by atoms with van der Waals surface area (Å²) in [6.45, 7) is 1.72. The highest BCUT2D eigenvalue weighted by Crippen LogP contribution is 2.23. The molecule has 0 aliphatic carbocycles. The lowest BCUT2D eigenvalue weighted by atomic mass is 10.1. The third-order valence-electron chi connectivity index (χ3n) is 5.22. The number of anilines is 2. The molecule has 154 valence electrons. The quantitative estimate of drug-likeness (QED) is 0.497. The molecular formula is C24H23N7. The zero-order valence-corrected chi connectivity index (χ0v) is 17.1. The molecular weight excluding hydrogens is 386 g/mol. The first-order valence-corrected chi connectivity index (χ1v) is 10.5. The molecule has 31 heavy (non-hydrogen) atoms. The van der Waals surface area contributed by atoms with Gasteiger partial charge >= 0.3 is 0 Å². The standard InChI is InChI=1S/C24H23N7/c1-2-12-26-20(7-1)24-30-21(18-6-3-11-25-16-18)15-22(31-24)27-14-10-19-9-8-17-5-4-13-28-23(17)29-19/h1-3,6-9,11-12,15-16H,4-5,10,13-14H2,(H,28,29)(H,27,30,31). The number of nitrogens with zero attached hydrogens (tertiary/aromatic N) is 5. The van der Waals surface area contributed by atoms with Gasteiger partial charge in [0.1, 0.15) is 17.3 Å². The Morgan fingerprint density at radius 2 is 1.94 bits per heavy atom. The van der Waals surface area contributed by atoms with Crippen LogP contribution < -0.4 is 10.6 Å². The van der Waals surface area contributed by atoms with Gasteiger partial charge in [0.25, 0.3) is 0 Å². The van der Waals surface area contributed by atoms with Crippen molar-refractivity contribution in [3.63, 3.8) is 0 Å². The molecule has 7 nitrogen and oxygen atoms in total. The Hall–Kier alpha value is -3.87. The van der Waals surface area contributed by atoms with Crippen molar-refractivity contribution in [3.8, 4) is 22.8 Å². The van der Waals surface area contributed by atoms with Crippen LogP contribution in [0.2, 0.25) is 0 Å². The predicted octanol–water partition coefficient (Wildman–Crippen LogP) is 4.01. The minimum Gasteiger partial charge on any atom is -0.370 e. The highest BCUT2D eigenvalue weighted by Gasteiger charge is 2.12. The van der Waals surface area contributed by atoms with Crippen LogP contribution in [0.5, 0.6) is 0 Å². The zero-order chi connectivity index (χ0) is 20.9. The first kappa shape index (κ1) is 19.1. The molecule has 1 aliphatic heterocycles. The van der Waals surface area contributed by atoms with Crippen molar-refractivity contribution in [2.24, 2.45) is 0 Å². The molecule has 0 aromatic carbocycles. The van der Waals surface area contributed by atoms with E-state index in [2.05, 4.69) is 32.7 Å². The molecule has 0 saturated carbocycles. The number of aromatic nitrogens is 5. The number of pyridine rings is 3. The maximum atomic E-state index is 4.77. The smallest absolute Gasteiger partial charge is 0.180 e. The minimum absolute atomic E-state index is 0.584. The first-order valence-electron chi connectivity index (χ1n) is 10.5. The van der Waals surface area contributed by atoms with Gasteiger partial charge in [-0.15, -0.1) is 0 Å². The predicted molar refractivity (Wildman–Crippen MR) is 122 cm³/mol. The van der Waals surface area contributed by atoms with Gasteiger partial charge in [-0.3, -0.25) is 9.97 Å². The Labute approximate surface area is 181 Å². The van der Waals surface area contributed by atoms with Gasteiger partial charge in [-0.2, -0.15) is 0 Å². The zero-order valence-electron chi connectivity index (χ0n) is 17.1. The van der Waals surface area contributed by atoms with Crippen LogP contribution in [-0.4, -0.2) is 38.0 Å². The van der Waals surface area contributed by atoms with Crippen LogP contribution in [0.15, 0.2) is 67.1 Å². The average molecular weight is 409 g/mol. The van der Waals surface area contributed by atoms with Gasteiger partial charge in [-0.05, 0) is 48.7 Å². The lowest BCUT2D eigenvalue weighted by Crippen LogP contribution is -2.15. The molecule has 1 aliphatic rings. The second-order valence-electron chi connectivity index (χ2n) is 7.44. The van der Waals surface area contributed by atoms with Crippen molar-refractivity contribution in [2.45, 2.75) is 19.3 Å². The second-order valence-corrected chi connectivity index (χ2v) is 7.44. The maximum Gasteiger partial charge on any atom is 0.180 e. The van der Waals surface area contributed by atoms with E-state index in [4.69, 9.17) is 15.0 Å². The van der Waals surface area contributed by atoms with Gasteiger partial charge in [-0.1, -0.05) is 12.1 Å². The molecule has 0 atom stereocenters. The lowest BCUT2D eigenvalue weighted by molar-refractivity contribution is 0.809. The Balaban J connectivity index is 1.37. The van der Waals surface area contributed by atoms with Crippen LogP contribution in [0.1, 0.15) is 17.7 Å². The molecule has 4 aromatic rings. The van der Waals surface area contributed by atoms with Crippen molar-refractivity contribution in [2.75, 3.05) is 23.7 Å². The Kier molecular flexibility index (Phi) is 5.47. The normalized spacial score (nSPS) is 12.6. The summed E-state index contributed by atoms with van der Waals surface area (Å²) in [6, 6.07) is 15.9. The number of rotatable bonds is 6. The van der Waals surface area contributed by atoms with Gasteiger partial charge in [0, 0.05) is 55.4 Å². The van der Waals surface area contributed by atoms with Gasteiger partial charge in [0.2, 0.25) is 0 Å². The summed E-state index contributed by atoms with van der Waals surface area (Å²) >= 11 is 0. The summed E-state index contributed by atoms with van der Waals surface area (Å²) in [5, 5.41) is 6.83. The van der Waals surface area contributed by atoms with Gasteiger partial charge < -0.3 is 10.6 Å². The van der Waals surface area contributed by atoms with Crippen LogP contribution in [0.25, 0.3) is 22.8 Å². The fourth-order valence-corrected chi connectivity index (χ4v) is 3.64. The van der Waals surface area contributed by atoms with Gasteiger partial charge in [-0.25, -0.2) is 15.0 Å². The van der Waals surface area contributed by atoms with Crippen LogP contribution in [0, 0.1) is 0 Å². The fraction of sp³-hybridized carbons (Fsp3) is 0.208. The maximum absolute atomic E-state index is 4.77. The molecule has 0 spiro atoms. The summed E-state index contributed by atoms with van der Waals surface area (Å²) in [5.74, 6) is 2.37. The van der Waals surface area contributed by atoms with Crippen LogP contribution in [-0.2, 0) is 12.8 Å². The van der Waals surface area contributed by atoms with Crippen molar-refractivity contribution < 1.29 is 0 Å². The Morgan fingerprint density at radius 3 is 2.81 bits per heavy atom. The monoisotopic (exact) mass is 409 g/mol. The summed E-state index contributed by atoms with van der Waals surface area (Å²) < 4.78 is 0. The molecule has 0 fully saturated rings. The van der Waals surface area contributed by atoms with Crippen molar-refractivity contribution in [3.05, 3.63) is 78.4 Å². The molecule has 0 saturated heterocycles. The van der Waals surface area contributed by atoms with Crippen molar-refractivity contribution >= 4 is 11.6 Å². The largest absolute Gasteiger partial charge is 0.370 e. The van der Waals surface area contributed by atoms with Crippen molar-refractivity contribution in [1.29, 1.82) is 0 Å². The molecule has 0 bridgehead atoms. The number of hydrogen-bond acceptors (Lipinski definition) is 7. The molecule has 7 heteroatoms. The SMILES string of the molecule is c1ccc(-c2nc(NCCc3ccc4c(n3)NCCC4)cc(-c3cccnc3)n2)nc1. The van der Waals surface area contributed by atoms with Crippen LogP contribution >= 0.6 is 0 Å². The summed E-state index contributed by atoms with van der Waals surface area (Å²) in [4.78, 5) is 22.8. The van der Waals surface area contributed by atoms with E-state index in [1.54, 1.807) is 18.6 Å². The average Bonchev–Trinajstić information content (AvgIpc) is 2.85. The van der Waals surface area contributed by atoms with Crippen molar-refractivity contribution in [1.82, 2.24) is 24.9 Å². The topological polar surface area (TPSA) is 88.5 Å². The number of hydrogen-bond donors (Lipinski definition) is 2. The van der Waals surface area contributed by atoms with E-state index in [0.717, 1.165) is 60.2 Å². The highest BCUT2D eigenvalue weighted by atomic mass is 15.0. The van der Waals surface area contributed by atoms with E-state index in [1.807, 2.05) is 36.4 Å². The third-order valence-corrected chi connectivity index (χ3v) is 5.22. The highest BCUT2D eigenvalue weighted by molar-refractivity contribution is 5.65. The first-order chi connectivity index (χ1) is 15.3. The minimum atomic E-state index is 0.584. The molecule has 0 amide bonds. The molecule has 0 unspecified atom stereocenters. The Bertz CT molecular complexity index is 1110. The third kappa shape index (κ3) is 4.50. The van der Waals surface area contributed by atoms with Gasteiger partial charge in [0.15, 0.2) is 5.82 Å². The van der Waals surface area contributed by atoms with E-state index < -0.39 is 0 Å². The molecule has 5 heterocycles. The summed E-state index contributed by atoms with van der Waals surface area (Å²) in [5.41, 5.74) is 4.85. The van der Waals surface area contributed by atoms with Crippen LogP contribution in [0.3, 0.4) is 0 Å². The molecule has 4 aromatic heterocycles. The number of fused-ring (bicyclic) bond motifs is 1. The van der Waals surface area contributed by atoms with E-state index in [9.17, 15) is 0 Å². The summed E-state index contributed by atoms with van der Waals surface area (Å²) in [7, 11) is 0. The molecule has 0 radical (unpaired) electrons. The van der Waals surface area contributed by atoms with E-state index in [0.29, 0.717) is 5.82 Å². The van der Waals surface area contributed by atoms with E-state index in [-0.39, 0.29) is 0 Å². The lowest BCUT2D eigenvalue weighted by Gasteiger charge is -2.17. The van der Waals surface area contributed by atoms with Crippen LogP contribution in [0.4, 0.5) is 11.6 Å². The molecule has 5 rings (SSSR count). The van der Waals surface area contributed by atoms with Gasteiger partial charge in [0.05, 0.1) is 5.69 Å². The number of nitrogens with one attached hydrogen (secondary N) is 2. The fourth-order valence-electron chi connectivity index (χ4n) is 3.64. The Morgan fingerprint density at radius 1 is 0.935 bits per heavy atom. The summed E-state index contributed by atoms with van der Waals surface area (Å²) in [6.07, 6.45) is 8.38. The van der Waals surface area contributed by atoms with E-state index in [1.165, 1.54) is 12.0 Å². The number of aryl methyl sites for hydroxylation is 1. The second kappa shape index (κ2) is 8.87. The van der Waals surface area contributed by atoms with E-state index >= 15 is 0 Å². The molecule has 2 N–H and O–H groups in total.